The topological polar surface area (TPSA) is 35.8 Å². The lowest BCUT2D eigenvalue weighted by Gasteiger charge is -2.13. The highest BCUT2D eigenvalue weighted by Gasteiger charge is 2.09. The second-order valence-corrected chi connectivity index (χ2v) is 4.64. The van der Waals surface area contributed by atoms with Crippen LogP contribution in [0.3, 0.4) is 0 Å². The molecule has 1 atom stereocenters. The Balaban J connectivity index is 2.20. The molecule has 2 nitrogen and oxygen atoms in total. The van der Waals surface area contributed by atoms with Crippen molar-refractivity contribution in [1.82, 2.24) is 0 Å². The fraction of sp³-hybridized carbons (Fsp3) is 0.0714. The minimum Gasteiger partial charge on any atom is -0.366 e. The standard InChI is InChI=1S/C14H10Cl2N2/c15-11-6-4-10(5-7-11)14(9-17)18-13-3-1-2-12(16)8-13/h1-8,14,18H. The molecule has 2 aromatic carbocycles. The lowest BCUT2D eigenvalue weighted by molar-refractivity contribution is 0.998. The van der Waals surface area contributed by atoms with E-state index in [-0.39, 0.29) is 0 Å². The van der Waals surface area contributed by atoms with Crippen molar-refractivity contribution in [3.05, 3.63) is 64.1 Å². The molecule has 1 unspecified atom stereocenters. The molecular formula is C14H10Cl2N2. The van der Waals surface area contributed by atoms with Gasteiger partial charge in [-0.05, 0) is 35.9 Å². The molecule has 0 aliphatic heterocycles. The van der Waals surface area contributed by atoms with Gasteiger partial charge in [-0.15, -0.1) is 0 Å². The summed E-state index contributed by atoms with van der Waals surface area (Å²) in [7, 11) is 0. The summed E-state index contributed by atoms with van der Waals surface area (Å²) in [5.74, 6) is 0. The summed E-state index contributed by atoms with van der Waals surface area (Å²) in [6, 6.07) is 16.2. The first-order valence-corrected chi connectivity index (χ1v) is 6.12. The quantitative estimate of drug-likeness (QED) is 0.884. The van der Waals surface area contributed by atoms with Crippen molar-refractivity contribution in [1.29, 1.82) is 5.26 Å². The molecule has 1 N–H and O–H groups in total. The van der Waals surface area contributed by atoms with E-state index in [0.717, 1.165) is 11.3 Å². The summed E-state index contributed by atoms with van der Waals surface area (Å²) >= 11 is 11.7. The molecule has 0 radical (unpaired) electrons. The SMILES string of the molecule is N#CC(Nc1cccc(Cl)c1)c1ccc(Cl)cc1. The molecule has 18 heavy (non-hydrogen) atoms. The van der Waals surface area contributed by atoms with Crippen LogP contribution in [0.2, 0.25) is 10.0 Å². The van der Waals surface area contributed by atoms with Crippen LogP contribution < -0.4 is 5.32 Å². The lowest BCUT2D eigenvalue weighted by Crippen LogP contribution is -2.08. The third-order valence-electron chi connectivity index (χ3n) is 2.47. The summed E-state index contributed by atoms with van der Waals surface area (Å²) in [6.07, 6.45) is 0. The van der Waals surface area contributed by atoms with Crippen molar-refractivity contribution in [3.63, 3.8) is 0 Å². The van der Waals surface area contributed by atoms with E-state index in [2.05, 4.69) is 11.4 Å². The van der Waals surface area contributed by atoms with Crippen LogP contribution in [0.5, 0.6) is 0 Å². The van der Waals surface area contributed by atoms with E-state index in [9.17, 15) is 5.26 Å². The minimum atomic E-state index is -0.430. The van der Waals surface area contributed by atoms with E-state index in [4.69, 9.17) is 23.2 Å². The molecule has 0 bridgehead atoms. The molecule has 0 saturated heterocycles. The predicted molar refractivity (Wildman–Crippen MR) is 74.9 cm³/mol. The molecule has 2 rings (SSSR count). The van der Waals surface area contributed by atoms with Crippen LogP contribution in [0.4, 0.5) is 5.69 Å². The molecule has 0 aromatic heterocycles. The van der Waals surface area contributed by atoms with Crippen LogP contribution in [0.1, 0.15) is 11.6 Å². The van der Waals surface area contributed by atoms with Crippen LogP contribution in [-0.2, 0) is 0 Å². The Hall–Kier alpha value is -1.69. The highest BCUT2D eigenvalue weighted by atomic mass is 35.5. The molecule has 0 saturated carbocycles. The zero-order valence-electron chi connectivity index (χ0n) is 9.40. The van der Waals surface area contributed by atoms with Gasteiger partial charge in [0, 0.05) is 15.7 Å². The fourth-order valence-corrected chi connectivity index (χ4v) is 1.91. The van der Waals surface area contributed by atoms with Gasteiger partial charge in [0.1, 0.15) is 6.04 Å². The van der Waals surface area contributed by atoms with Crippen molar-refractivity contribution in [2.75, 3.05) is 5.32 Å². The normalized spacial score (nSPS) is 11.6. The van der Waals surface area contributed by atoms with Gasteiger partial charge in [-0.2, -0.15) is 5.26 Å². The number of hydrogen-bond donors (Lipinski definition) is 1. The van der Waals surface area contributed by atoms with Gasteiger partial charge in [-0.3, -0.25) is 0 Å². The summed E-state index contributed by atoms with van der Waals surface area (Å²) in [6.45, 7) is 0. The van der Waals surface area contributed by atoms with Gasteiger partial charge in [0.2, 0.25) is 0 Å². The summed E-state index contributed by atoms with van der Waals surface area (Å²) < 4.78 is 0. The molecule has 0 heterocycles. The van der Waals surface area contributed by atoms with Crippen molar-refractivity contribution in [3.8, 4) is 6.07 Å². The predicted octanol–water partition coefficient (Wildman–Crippen LogP) is 4.67. The molecule has 0 amide bonds. The number of halogens is 2. The number of nitrogens with zero attached hydrogens (tertiary/aromatic N) is 1. The summed E-state index contributed by atoms with van der Waals surface area (Å²) in [4.78, 5) is 0. The molecular weight excluding hydrogens is 267 g/mol. The third-order valence-corrected chi connectivity index (χ3v) is 2.96. The minimum absolute atomic E-state index is 0.430. The Labute approximate surface area is 116 Å². The van der Waals surface area contributed by atoms with Crippen LogP contribution in [0.15, 0.2) is 48.5 Å². The fourth-order valence-electron chi connectivity index (χ4n) is 1.59. The first kappa shape index (κ1) is 12.8. The number of nitrogens with one attached hydrogen (secondary N) is 1. The first-order chi connectivity index (χ1) is 8.69. The van der Waals surface area contributed by atoms with E-state index in [0.29, 0.717) is 10.0 Å². The zero-order valence-corrected chi connectivity index (χ0v) is 10.9. The van der Waals surface area contributed by atoms with Crippen LogP contribution in [0.25, 0.3) is 0 Å². The van der Waals surface area contributed by atoms with Gasteiger partial charge in [0.15, 0.2) is 0 Å². The Morgan fingerprint density at radius 3 is 2.33 bits per heavy atom. The van der Waals surface area contributed by atoms with E-state index in [1.165, 1.54) is 0 Å². The Morgan fingerprint density at radius 2 is 1.72 bits per heavy atom. The first-order valence-electron chi connectivity index (χ1n) is 5.36. The maximum Gasteiger partial charge on any atom is 0.140 e. The average Bonchev–Trinajstić information content (AvgIpc) is 2.37. The van der Waals surface area contributed by atoms with Gasteiger partial charge in [-0.1, -0.05) is 41.4 Å². The van der Waals surface area contributed by atoms with Crippen molar-refractivity contribution < 1.29 is 0 Å². The highest BCUT2D eigenvalue weighted by Crippen LogP contribution is 2.22. The number of hydrogen-bond acceptors (Lipinski definition) is 2. The molecule has 0 spiro atoms. The summed E-state index contributed by atoms with van der Waals surface area (Å²) in [5, 5.41) is 13.6. The Bertz CT molecular complexity index is 573. The number of anilines is 1. The number of nitriles is 1. The van der Waals surface area contributed by atoms with Crippen molar-refractivity contribution in [2.45, 2.75) is 6.04 Å². The average molecular weight is 277 g/mol. The monoisotopic (exact) mass is 276 g/mol. The van der Waals surface area contributed by atoms with Gasteiger partial charge in [0.05, 0.1) is 6.07 Å². The Kier molecular flexibility index (Phi) is 4.09. The van der Waals surface area contributed by atoms with E-state index in [1.54, 1.807) is 24.3 Å². The van der Waals surface area contributed by atoms with Crippen LogP contribution in [-0.4, -0.2) is 0 Å². The smallest absolute Gasteiger partial charge is 0.140 e. The second-order valence-electron chi connectivity index (χ2n) is 3.77. The second kappa shape index (κ2) is 5.77. The molecule has 2 aromatic rings. The molecule has 0 fully saturated rings. The maximum absolute atomic E-state index is 9.20. The van der Waals surface area contributed by atoms with Crippen molar-refractivity contribution >= 4 is 28.9 Å². The van der Waals surface area contributed by atoms with Gasteiger partial charge in [-0.25, -0.2) is 0 Å². The maximum atomic E-state index is 9.20. The van der Waals surface area contributed by atoms with Gasteiger partial charge >= 0.3 is 0 Å². The number of rotatable bonds is 3. The van der Waals surface area contributed by atoms with E-state index in [1.807, 2.05) is 24.3 Å². The Morgan fingerprint density at radius 1 is 1.00 bits per heavy atom. The van der Waals surface area contributed by atoms with E-state index < -0.39 is 6.04 Å². The van der Waals surface area contributed by atoms with Crippen LogP contribution >= 0.6 is 23.2 Å². The van der Waals surface area contributed by atoms with Gasteiger partial charge < -0.3 is 5.32 Å². The molecule has 0 aliphatic rings. The number of benzene rings is 2. The van der Waals surface area contributed by atoms with Crippen molar-refractivity contribution in [2.24, 2.45) is 0 Å². The third kappa shape index (κ3) is 3.16. The molecule has 90 valence electrons. The largest absolute Gasteiger partial charge is 0.366 e. The molecule has 4 heteroatoms. The molecule has 0 aliphatic carbocycles. The lowest BCUT2D eigenvalue weighted by atomic mass is 10.1. The highest BCUT2D eigenvalue weighted by molar-refractivity contribution is 6.31. The summed E-state index contributed by atoms with van der Waals surface area (Å²) in [5.41, 5.74) is 1.67. The van der Waals surface area contributed by atoms with Gasteiger partial charge in [0.25, 0.3) is 0 Å². The van der Waals surface area contributed by atoms with E-state index >= 15 is 0 Å². The zero-order chi connectivity index (χ0) is 13.0. The van der Waals surface area contributed by atoms with Crippen LogP contribution in [0, 0.1) is 11.3 Å².